The van der Waals surface area contributed by atoms with Crippen molar-refractivity contribution in [3.8, 4) is 0 Å². The van der Waals surface area contributed by atoms with E-state index in [0.29, 0.717) is 6.54 Å². The van der Waals surface area contributed by atoms with Crippen molar-refractivity contribution in [2.45, 2.75) is 25.3 Å². The standard InChI is InChI=1S/C11H23N3O/c1-11(12-2)5-7-14(8-6-11)10(15)9-13(3)4/h12H,5-9H2,1-4H3. The van der Waals surface area contributed by atoms with Gasteiger partial charge in [0.1, 0.15) is 0 Å². The number of carbonyl (C=O) groups excluding carboxylic acids is 1. The van der Waals surface area contributed by atoms with E-state index in [-0.39, 0.29) is 11.4 Å². The zero-order chi connectivity index (χ0) is 11.5. The first-order chi connectivity index (χ1) is 6.97. The number of hydrogen-bond acceptors (Lipinski definition) is 3. The molecule has 15 heavy (non-hydrogen) atoms. The molecule has 0 bridgehead atoms. The molecule has 4 heteroatoms. The van der Waals surface area contributed by atoms with Crippen LogP contribution in [-0.2, 0) is 4.79 Å². The zero-order valence-electron chi connectivity index (χ0n) is 10.3. The fourth-order valence-corrected chi connectivity index (χ4v) is 1.87. The van der Waals surface area contributed by atoms with Crippen molar-refractivity contribution in [2.24, 2.45) is 0 Å². The Morgan fingerprint density at radius 1 is 1.40 bits per heavy atom. The SMILES string of the molecule is CNC1(C)CCN(C(=O)CN(C)C)CC1. The largest absolute Gasteiger partial charge is 0.341 e. The van der Waals surface area contributed by atoms with Gasteiger partial charge in [-0.2, -0.15) is 0 Å². The summed E-state index contributed by atoms with van der Waals surface area (Å²) in [5.41, 5.74) is 0.217. The maximum absolute atomic E-state index is 11.8. The zero-order valence-corrected chi connectivity index (χ0v) is 10.3. The fraction of sp³-hybridized carbons (Fsp3) is 0.909. The minimum absolute atomic E-state index is 0.217. The van der Waals surface area contributed by atoms with Crippen LogP contribution in [0.3, 0.4) is 0 Å². The molecule has 0 spiro atoms. The van der Waals surface area contributed by atoms with Crippen molar-refractivity contribution < 1.29 is 4.79 Å². The Morgan fingerprint density at radius 3 is 2.33 bits per heavy atom. The second-order valence-electron chi connectivity index (χ2n) is 4.93. The van der Waals surface area contributed by atoms with E-state index in [1.54, 1.807) is 0 Å². The molecule has 0 aliphatic carbocycles. The molecular weight excluding hydrogens is 190 g/mol. The summed E-state index contributed by atoms with van der Waals surface area (Å²) in [7, 11) is 5.86. The first-order valence-electron chi connectivity index (χ1n) is 5.58. The molecule has 1 amide bonds. The predicted octanol–water partition coefficient (Wildman–Crippen LogP) is 0.149. The van der Waals surface area contributed by atoms with Crippen LogP contribution in [0.5, 0.6) is 0 Å². The van der Waals surface area contributed by atoms with Crippen molar-refractivity contribution >= 4 is 5.91 Å². The quantitative estimate of drug-likeness (QED) is 0.725. The molecule has 4 nitrogen and oxygen atoms in total. The van der Waals surface area contributed by atoms with Gasteiger partial charge in [-0.25, -0.2) is 0 Å². The van der Waals surface area contributed by atoms with E-state index in [0.717, 1.165) is 25.9 Å². The molecule has 0 unspecified atom stereocenters. The van der Waals surface area contributed by atoms with Crippen molar-refractivity contribution in [1.29, 1.82) is 0 Å². The van der Waals surface area contributed by atoms with Crippen molar-refractivity contribution in [3.05, 3.63) is 0 Å². The molecule has 0 aromatic rings. The summed E-state index contributed by atoms with van der Waals surface area (Å²) in [4.78, 5) is 15.7. The van der Waals surface area contributed by atoms with Crippen LogP contribution in [0, 0.1) is 0 Å². The average molecular weight is 213 g/mol. The number of carbonyl (C=O) groups is 1. The summed E-state index contributed by atoms with van der Waals surface area (Å²) < 4.78 is 0. The summed E-state index contributed by atoms with van der Waals surface area (Å²) >= 11 is 0. The minimum Gasteiger partial charge on any atom is -0.341 e. The summed E-state index contributed by atoms with van der Waals surface area (Å²) in [6.07, 6.45) is 2.09. The Labute approximate surface area is 92.6 Å². The second-order valence-corrected chi connectivity index (χ2v) is 4.93. The predicted molar refractivity (Wildman–Crippen MR) is 61.8 cm³/mol. The number of hydrogen-bond donors (Lipinski definition) is 1. The van der Waals surface area contributed by atoms with E-state index in [2.05, 4.69) is 12.2 Å². The molecule has 88 valence electrons. The van der Waals surface area contributed by atoms with Gasteiger partial charge in [-0.3, -0.25) is 4.79 Å². The molecule has 0 atom stereocenters. The Hall–Kier alpha value is -0.610. The topological polar surface area (TPSA) is 35.6 Å². The van der Waals surface area contributed by atoms with Crippen LogP contribution in [0.2, 0.25) is 0 Å². The monoisotopic (exact) mass is 213 g/mol. The first-order valence-corrected chi connectivity index (χ1v) is 5.58. The smallest absolute Gasteiger partial charge is 0.236 e. The van der Waals surface area contributed by atoms with Gasteiger partial charge in [0.2, 0.25) is 5.91 Å². The lowest BCUT2D eigenvalue weighted by Gasteiger charge is -2.39. The van der Waals surface area contributed by atoms with Crippen molar-refractivity contribution in [2.75, 3.05) is 40.8 Å². The maximum atomic E-state index is 11.8. The van der Waals surface area contributed by atoms with Crippen LogP contribution in [0.15, 0.2) is 0 Å². The lowest BCUT2D eigenvalue weighted by Crippen LogP contribution is -2.52. The lowest BCUT2D eigenvalue weighted by molar-refractivity contribution is -0.133. The average Bonchev–Trinajstić information content (AvgIpc) is 2.18. The van der Waals surface area contributed by atoms with E-state index >= 15 is 0 Å². The highest BCUT2D eigenvalue weighted by molar-refractivity contribution is 5.78. The molecule has 1 heterocycles. The number of rotatable bonds is 3. The highest BCUT2D eigenvalue weighted by Crippen LogP contribution is 2.20. The van der Waals surface area contributed by atoms with Crippen LogP contribution in [0.1, 0.15) is 19.8 Å². The summed E-state index contributed by atoms with van der Waals surface area (Å²) in [5.74, 6) is 0.248. The van der Waals surface area contributed by atoms with Gasteiger partial charge in [-0.15, -0.1) is 0 Å². The highest BCUT2D eigenvalue weighted by atomic mass is 16.2. The Balaban J connectivity index is 2.40. The van der Waals surface area contributed by atoms with Gasteiger partial charge in [-0.1, -0.05) is 0 Å². The van der Waals surface area contributed by atoms with Crippen LogP contribution >= 0.6 is 0 Å². The van der Waals surface area contributed by atoms with Gasteiger partial charge in [0.15, 0.2) is 0 Å². The Kier molecular flexibility index (Phi) is 4.11. The third-order valence-electron chi connectivity index (χ3n) is 3.27. The fourth-order valence-electron chi connectivity index (χ4n) is 1.87. The number of amides is 1. The lowest BCUT2D eigenvalue weighted by atomic mass is 9.90. The van der Waals surface area contributed by atoms with E-state index in [1.165, 1.54) is 0 Å². The van der Waals surface area contributed by atoms with Gasteiger partial charge in [-0.05, 0) is 40.9 Å². The molecule has 0 radical (unpaired) electrons. The normalized spacial score (nSPS) is 20.7. The van der Waals surface area contributed by atoms with E-state index in [1.807, 2.05) is 30.9 Å². The van der Waals surface area contributed by atoms with Crippen LogP contribution in [0.4, 0.5) is 0 Å². The van der Waals surface area contributed by atoms with E-state index in [4.69, 9.17) is 0 Å². The number of likely N-dealkylation sites (N-methyl/N-ethyl adjacent to an activating group) is 1. The third kappa shape index (κ3) is 3.47. The molecule has 0 aromatic carbocycles. The van der Waals surface area contributed by atoms with E-state index < -0.39 is 0 Å². The van der Waals surface area contributed by atoms with Crippen LogP contribution in [0.25, 0.3) is 0 Å². The first kappa shape index (κ1) is 12.5. The molecule has 1 saturated heterocycles. The molecule has 0 saturated carbocycles. The van der Waals surface area contributed by atoms with Gasteiger partial charge in [0.05, 0.1) is 6.54 Å². The summed E-state index contributed by atoms with van der Waals surface area (Å²) in [6.45, 7) is 4.51. The Bertz CT molecular complexity index is 220. The number of nitrogens with zero attached hydrogens (tertiary/aromatic N) is 2. The van der Waals surface area contributed by atoms with Crippen LogP contribution < -0.4 is 5.32 Å². The summed E-state index contributed by atoms with van der Waals surface area (Å²) in [6, 6.07) is 0. The molecule has 1 fully saturated rings. The van der Waals surface area contributed by atoms with Crippen molar-refractivity contribution in [3.63, 3.8) is 0 Å². The minimum atomic E-state index is 0.217. The highest BCUT2D eigenvalue weighted by Gasteiger charge is 2.30. The van der Waals surface area contributed by atoms with Gasteiger partial charge < -0.3 is 15.1 Å². The Morgan fingerprint density at radius 2 is 1.93 bits per heavy atom. The van der Waals surface area contributed by atoms with Gasteiger partial charge in [0.25, 0.3) is 0 Å². The maximum Gasteiger partial charge on any atom is 0.236 e. The second kappa shape index (κ2) is 4.94. The number of likely N-dealkylation sites (tertiary alicyclic amines) is 1. The van der Waals surface area contributed by atoms with Crippen LogP contribution in [-0.4, -0.2) is 62.0 Å². The summed E-state index contributed by atoms with van der Waals surface area (Å²) in [5, 5.41) is 3.33. The molecule has 0 aromatic heterocycles. The van der Waals surface area contributed by atoms with E-state index in [9.17, 15) is 4.79 Å². The molecule has 1 aliphatic heterocycles. The molecule has 1 rings (SSSR count). The number of piperidine rings is 1. The number of nitrogens with one attached hydrogen (secondary N) is 1. The third-order valence-corrected chi connectivity index (χ3v) is 3.27. The molecular formula is C11H23N3O. The molecule has 1 N–H and O–H groups in total. The van der Waals surface area contributed by atoms with Crippen molar-refractivity contribution in [1.82, 2.24) is 15.1 Å². The van der Waals surface area contributed by atoms with Gasteiger partial charge >= 0.3 is 0 Å². The molecule has 1 aliphatic rings. The van der Waals surface area contributed by atoms with Gasteiger partial charge in [0, 0.05) is 18.6 Å².